The molecule has 1 unspecified atom stereocenters. The van der Waals surface area contributed by atoms with Gasteiger partial charge in [-0.2, -0.15) is 12.7 Å². The number of aryl methyl sites for hydroxylation is 1. The van der Waals surface area contributed by atoms with Crippen LogP contribution in [0, 0.1) is 12.8 Å². The van der Waals surface area contributed by atoms with E-state index < -0.39 is 69.3 Å². The van der Waals surface area contributed by atoms with Crippen molar-refractivity contribution in [2.24, 2.45) is 5.92 Å². The molecule has 1 saturated carbocycles. The van der Waals surface area contributed by atoms with Crippen LogP contribution in [-0.4, -0.2) is 96.4 Å². The van der Waals surface area contributed by atoms with E-state index in [9.17, 15) is 27.6 Å². The van der Waals surface area contributed by atoms with Gasteiger partial charge in [-0.1, -0.05) is 25.0 Å². The van der Waals surface area contributed by atoms with E-state index in [4.69, 9.17) is 9.47 Å². The quantitative estimate of drug-likeness (QED) is 0.379. The predicted molar refractivity (Wildman–Crippen MR) is 184 cm³/mol. The van der Waals surface area contributed by atoms with Crippen LogP contribution in [0.5, 0.6) is 5.75 Å². The summed E-state index contributed by atoms with van der Waals surface area (Å²) in [5.74, 6) is -1.86. The topological polar surface area (TPSA) is 176 Å². The van der Waals surface area contributed by atoms with Gasteiger partial charge in [-0.15, -0.1) is 11.3 Å². The molecule has 0 bridgehead atoms. The number of carbonyl (C=O) groups is 4. The van der Waals surface area contributed by atoms with Crippen molar-refractivity contribution >= 4 is 55.6 Å². The molecule has 0 radical (unpaired) electrons. The molecule has 1 aliphatic carbocycles. The Morgan fingerprint density at radius 1 is 1.16 bits per heavy atom. The lowest BCUT2D eigenvalue weighted by Crippen LogP contribution is -2.58. The fraction of sp³-hybridized carbons (Fsp3) is 0.606. The fourth-order valence-electron chi connectivity index (χ4n) is 6.20. The lowest BCUT2D eigenvalue weighted by Gasteiger charge is -2.30. The zero-order chi connectivity index (χ0) is 35.7. The molecule has 14 nitrogen and oxygen atoms in total. The number of carbonyl (C=O) groups excluding carboxylic acids is 4. The summed E-state index contributed by atoms with van der Waals surface area (Å²) in [5, 5.41) is 6.47. The largest absolute Gasteiger partial charge is 0.488 e. The SMILES string of the molecule is Cc1nc2cc(O[C@@H]3CC4C(=O)N[C@]5(C(=O)NS(=O)(=O)N(C)C)C[C@H]5/C=C\CCCCC[C@H](NC(=O)OC(C)(C)C)C(=O)N4C3)ccc2s1. The van der Waals surface area contributed by atoms with Crippen LogP contribution >= 0.6 is 11.3 Å². The number of hydrogen-bond donors (Lipinski definition) is 3. The molecule has 49 heavy (non-hydrogen) atoms. The van der Waals surface area contributed by atoms with Crippen molar-refractivity contribution in [3.05, 3.63) is 35.4 Å². The van der Waals surface area contributed by atoms with E-state index in [1.807, 2.05) is 37.3 Å². The third-order valence-electron chi connectivity index (χ3n) is 8.81. The molecule has 2 fully saturated rings. The van der Waals surface area contributed by atoms with Gasteiger partial charge in [0.15, 0.2) is 0 Å². The average molecular weight is 719 g/mol. The minimum absolute atomic E-state index is 0.0368. The summed E-state index contributed by atoms with van der Waals surface area (Å²) in [6.07, 6.45) is 5.93. The van der Waals surface area contributed by atoms with Crippen LogP contribution in [0.2, 0.25) is 0 Å². The highest BCUT2D eigenvalue weighted by Gasteiger charge is 2.61. The molecule has 1 aromatic heterocycles. The number of hydrogen-bond acceptors (Lipinski definition) is 10. The summed E-state index contributed by atoms with van der Waals surface area (Å²) in [5.41, 5.74) is -1.54. The van der Waals surface area contributed by atoms with Crippen LogP contribution in [0.3, 0.4) is 0 Å². The van der Waals surface area contributed by atoms with Gasteiger partial charge in [0.25, 0.3) is 5.91 Å². The number of nitrogens with one attached hydrogen (secondary N) is 3. The molecule has 1 saturated heterocycles. The van der Waals surface area contributed by atoms with Crippen LogP contribution < -0.4 is 20.1 Å². The maximum atomic E-state index is 14.3. The molecular formula is C33H46N6O8S2. The highest BCUT2D eigenvalue weighted by atomic mass is 32.2. The number of ether oxygens (including phenoxy) is 2. The Morgan fingerprint density at radius 3 is 2.63 bits per heavy atom. The van der Waals surface area contributed by atoms with E-state index in [0.29, 0.717) is 25.0 Å². The van der Waals surface area contributed by atoms with Crippen molar-refractivity contribution in [2.45, 2.75) is 102 Å². The zero-order valence-electron chi connectivity index (χ0n) is 28.8. The number of allylic oxidation sites excluding steroid dienone is 1. The predicted octanol–water partition coefficient (Wildman–Crippen LogP) is 3.16. The lowest BCUT2D eigenvalue weighted by molar-refractivity contribution is -0.141. The number of fused-ring (bicyclic) bond motifs is 3. The Kier molecular flexibility index (Phi) is 10.6. The van der Waals surface area contributed by atoms with Crippen molar-refractivity contribution < 1.29 is 37.1 Å². The average Bonchev–Trinajstić information content (AvgIpc) is 3.31. The number of amides is 4. The van der Waals surface area contributed by atoms with Crippen LogP contribution in [0.25, 0.3) is 10.2 Å². The number of rotatable bonds is 6. The zero-order valence-corrected chi connectivity index (χ0v) is 30.4. The van der Waals surface area contributed by atoms with Crippen molar-refractivity contribution in [3.63, 3.8) is 0 Å². The van der Waals surface area contributed by atoms with E-state index in [-0.39, 0.29) is 19.4 Å². The van der Waals surface area contributed by atoms with Gasteiger partial charge in [-0.05, 0) is 65.5 Å². The summed E-state index contributed by atoms with van der Waals surface area (Å²) in [4.78, 5) is 60.8. The van der Waals surface area contributed by atoms with Gasteiger partial charge in [0.1, 0.15) is 35.1 Å². The highest BCUT2D eigenvalue weighted by Crippen LogP contribution is 2.46. The Hall–Kier alpha value is -3.76. The first-order chi connectivity index (χ1) is 23.0. The van der Waals surface area contributed by atoms with Crippen LogP contribution in [0.1, 0.15) is 70.7 Å². The van der Waals surface area contributed by atoms with Crippen molar-refractivity contribution in [2.75, 3.05) is 20.6 Å². The number of aromatic nitrogens is 1. The third-order valence-corrected chi connectivity index (χ3v) is 11.2. The minimum Gasteiger partial charge on any atom is -0.488 e. The molecule has 3 heterocycles. The van der Waals surface area contributed by atoms with E-state index in [1.165, 1.54) is 19.0 Å². The second-order valence-corrected chi connectivity index (χ2v) is 17.2. The van der Waals surface area contributed by atoms with Gasteiger partial charge >= 0.3 is 16.3 Å². The van der Waals surface area contributed by atoms with Crippen molar-refractivity contribution in [1.82, 2.24) is 29.5 Å². The molecule has 4 amide bonds. The molecule has 268 valence electrons. The van der Waals surface area contributed by atoms with Gasteiger partial charge in [-0.3, -0.25) is 14.4 Å². The van der Waals surface area contributed by atoms with Gasteiger partial charge in [-0.25, -0.2) is 14.5 Å². The molecule has 3 N–H and O–H groups in total. The Bertz CT molecular complexity index is 1740. The lowest BCUT2D eigenvalue weighted by atomic mass is 10.0. The van der Waals surface area contributed by atoms with E-state index in [1.54, 1.807) is 32.1 Å². The van der Waals surface area contributed by atoms with Gasteiger partial charge in [0, 0.05) is 32.5 Å². The molecule has 16 heteroatoms. The Morgan fingerprint density at radius 2 is 1.92 bits per heavy atom. The third kappa shape index (κ3) is 8.70. The Balaban J connectivity index is 1.45. The van der Waals surface area contributed by atoms with Gasteiger partial charge in [0.2, 0.25) is 11.8 Å². The molecule has 5 rings (SSSR count). The summed E-state index contributed by atoms with van der Waals surface area (Å²) in [7, 11) is -1.55. The number of alkyl carbamates (subject to hydrolysis) is 1. The first kappa shape index (κ1) is 36.5. The smallest absolute Gasteiger partial charge is 0.408 e. The minimum atomic E-state index is -4.14. The van der Waals surface area contributed by atoms with Crippen LogP contribution in [0.4, 0.5) is 4.79 Å². The maximum absolute atomic E-state index is 14.3. The summed E-state index contributed by atoms with van der Waals surface area (Å²) in [6.45, 7) is 7.14. The normalized spacial score (nSPS) is 27.3. The van der Waals surface area contributed by atoms with E-state index >= 15 is 0 Å². The summed E-state index contributed by atoms with van der Waals surface area (Å²) < 4.78 is 41.0. The summed E-state index contributed by atoms with van der Waals surface area (Å²) >= 11 is 1.56. The summed E-state index contributed by atoms with van der Waals surface area (Å²) in [6, 6.07) is 3.49. The maximum Gasteiger partial charge on any atom is 0.408 e. The second kappa shape index (κ2) is 14.2. The van der Waals surface area contributed by atoms with Crippen LogP contribution in [0.15, 0.2) is 30.4 Å². The molecule has 5 atom stereocenters. The van der Waals surface area contributed by atoms with Gasteiger partial charge in [0.05, 0.1) is 21.8 Å². The Labute approximate surface area is 291 Å². The molecule has 2 aromatic rings. The number of thiazole rings is 1. The molecule has 2 aliphatic heterocycles. The molecule has 1 aromatic carbocycles. The van der Waals surface area contributed by atoms with E-state index in [0.717, 1.165) is 32.4 Å². The molecule has 3 aliphatic rings. The first-order valence-electron chi connectivity index (χ1n) is 16.5. The fourth-order valence-corrected chi connectivity index (χ4v) is 7.61. The van der Waals surface area contributed by atoms with Gasteiger partial charge < -0.3 is 25.0 Å². The molecule has 0 spiro atoms. The monoisotopic (exact) mass is 718 g/mol. The van der Waals surface area contributed by atoms with E-state index in [2.05, 4.69) is 20.3 Å². The first-order valence-corrected chi connectivity index (χ1v) is 18.8. The highest BCUT2D eigenvalue weighted by molar-refractivity contribution is 7.87. The standard InChI is InChI=1S/C33H46N6O8S2/c1-20-34-25-16-22(14-15-27(25)48-20)46-23-17-26-28(40)36-33(30(42)37-49(44,45)38(5)6)18-21(33)12-10-8-7-9-11-13-24(29(41)39(26)19-23)35-31(43)47-32(2,3)4/h10,12,14-16,21,23-24,26H,7-9,11,13,17-19H2,1-6H3,(H,35,43)(H,36,40)(H,37,42)/b12-10-/t21-,23-,24+,26?,33-/m1/s1. The number of nitrogens with zero attached hydrogens (tertiary/aromatic N) is 3. The number of benzene rings is 1. The second-order valence-electron chi connectivity index (χ2n) is 14.1. The van der Waals surface area contributed by atoms with Crippen molar-refractivity contribution in [3.8, 4) is 5.75 Å². The van der Waals surface area contributed by atoms with Crippen LogP contribution in [-0.2, 0) is 29.3 Å². The van der Waals surface area contributed by atoms with Crippen molar-refractivity contribution in [1.29, 1.82) is 0 Å². The molecular weight excluding hydrogens is 673 g/mol.